The molecule has 0 aliphatic carbocycles. The van der Waals surface area contributed by atoms with E-state index >= 15 is 0 Å². The minimum Gasteiger partial charge on any atom is -0.394 e. The van der Waals surface area contributed by atoms with Crippen molar-refractivity contribution in [3.05, 3.63) is 34.4 Å². The molecule has 3 aromatic rings. The van der Waals surface area contributed by atoms with Crippen LogP contribution in [0.2, 0.25) is 0 Å². The van der Waals surface area contributed by atoms with Crippen molar-refractivity contribution in [3.63, 3.8) is 0 Å². The van der Waals surface area contributed by atoms with E-state index in [1.54, 1.807) is 34.5 Å². The number of thiazole rings is 1. The summed E-state index contributed by atoms with van der Waals surface area (Å²) in [5, 5.41) is 14.8. The summed E-state index contributed by atoms with van der Waals surface area (Å²) in [5.41, 5.74) is 2.73. The zero-order chi connectivity index (χ0) is 13.1. The molecule has 98 valence electrons. The molecular formula is C12H12N4OS2. The molecule has 0 bridgehead atoms. The highest BCUT2D eigenvalue weighted by atomic mass is 32.1. The number of hydrogen-bond donors (Lipinski definition) is 2. The van der Waals surface area contributed by atoms with Crippen molar-refractivity contribution in [2.45, 2.75) is 12.5 Å². The predicted molar refractivity (Wildman–Crippen MR) is 77.7 cm³/mol. The quantitative estimate of drug-likeness (QED) is 0.754. The smallest absolute Gasteiger partial charge is 0.147 e. The summed E-state index contributed by atoms with van der Waals surface area (Å²) >= 11 is 3.19. The molecule has 0 amide bonds. The molecule has 1 atom stereocenters. The van der Waals surface area contributed by atoms with Gasteiger partial charge in [-0.2, -0.15) is 0 Å². The Balaban J connectivity index is 1.80. The van der Waals surface area contributed by atoms with Crippen molar-refractivity contribution in [2.75, 3.05) is 11.9 Å². The van der Waals surface area contributed by atoms with Crippen molar-refractivity contribution in [2.24, 2.45) is 0 Å². The van der Waals surface area contributed by atoms with E-state index in [9.17, 15) is 5.11 Å². The first-order valence-corrected chi connectivity index (χ1v) is 7.55. The van der Waals surface area contributed by atoms with Crippen LogP contribution in [-0.2, 0) is 6.42 Å². The van der Waals surface area contributed by atoms with Crippen molar-refractivity contribution >= 4 is 38.7 Å². The molecule has 0 spiro atoms. The Morgan fingerprint density at radius 1 is 1.32 bits per heavy atom. The lowest BCUT2D eigenvalue weighted by Crippen LogP contribution is -2.26. The Morgan fingerprint density at radius 2 is 2.26 bits per heavy atom. The van der Waals surface area contributed by atoms with Gasteiger partial charge in [0.25, 0.3) is 0 Å². The fourth-order valence-electron chi connectivity index (χ4n) is 1.83. The van der Waals surface area contributed by atoms with E-state index in [0.29, 0.717) is 0 Å². The lowest BCUT2D eigenvalue weighted by atomic mass is 10.2. The molecule has 0 radical (unpaired) electrons. The Kier molecular flexibility index (Phi) is 3.67. The van der Waals surface area contributed by atoms with Gasteiger partial charge in [0.2, 0.25) is 0 Å². The van der Waals surface area contributed by atoms with Gasteiger partial charge in [-0.05, 0) is 11.4 Å². The number of anilines is 1. The number of aliphatic hydroxyl groups excluding tert-OH is 1. The highest BCUT2D eigenvalue weighted by Gasteiger charge is 2.13. The maximum Gasteiger partial charge on any atom is 0.147 e. The van der Waals surface area contributed by atoms with Gasteiger partial charge in [-0.25, -0.2) is 9.97 Å². The maximum absolute atomic E-state index is 9.49. The number of nitrogens with zero attached hydrogens (tertiary/aromatic N) is 3. The molecule has 0 aromatic carbocycles. The van der Waals surface area contributed by atoms with E-state index < -0.39 is 0 Å². The Morgan fingerprint density at radius 3 is 3.05 bits per heavy atom. The fourth-order valence-corrected chi connectivity index (χ4v) is 3.31. The average molecular weight is 292 g/mol. The number of aliphatic hydroxyl groups is 1. The minimum absolute atomic E-state index is 0.0504. The van der Waals surface area contributed by atoms with Crippen LogP contribution in [-0.4, -0.2) is 32.7 Å². The summed E-state index contributed by atoms with van der Waals surface area (Å²) in [6.07, 6.45) is 4.10. The molecule has 0 saturated heterocycles. The molecule has 0 saturated carbocycles. The first-order chi connectivity index (χ1) is 9.36. The number of rotatable bonds is 5. The van der Waals surface area contributed by atoms with E-state index in [2.05, 4.69) is 20.3 Å². The molecule has 2 N–H and O–H groups in total. The molecule has 0 fully saturated rings. The fraction of sp³-hybridized carbons (Fsp3) is 0.250. The molecule has 0 aliphatic heterocycles. The normalized spacial score (nSPS) is 12.7. The lowest BCUT2D eigenvalue weighted by molar-refractivity contribution is 0.274. The van der Waals surface area contributed by atoms with Gasteiger partial charge < -0.3 is 10.4 Å². The molecule has 7 heteroatoms. The van der Waals surface area contributed by atoms with Gasteiger partial charge in [0, 0.05) is 17.5 Å². The van der Waals surface area contributed by atoms with Gasteiger partial charge in [0.15, 0.2) is 0 Å². The Bertz CT molecular complexity index is 653. The van der Waals surface area contributed by atoms with Crippen LogP contribution in [0.1, 0.15) is 4.88 Å². The van der Waals surface area contributed by atoms with Gasteiger partial charge in [-0.3, -0.25) is 4.98 Å². The third-order valence-corrected chi connectivity index (χ3v) is 4.45. The second kappa shape index (κ2) is 5.60. The molecular weight excluding hydrogens is 280 g/mol. The Hall–Kier alpha value is -1.57. The zero-order valence-electron chi connectivity index (χ0n) is 9.98. The summed E-state index contributed by atoms with van der Waals surface area (Å²) in [7, 11) is 0. The van der Waals surface area contributed by atoms with Crippen LogP contribution in [0.15, 0.2) is 29.5 Å². The van der Waals surface area contributed by atoms with Crippen molar-refractivity contribution in [3.8, 4) is 0 Å². The summed E-state index contributed by atoms with van der Waals surface area (Å²) in [5.74, 6) is 0.781. The van der Waals surface area contributed by atoms with Crippen LogP contribution in [0.3, 0.4) is 0 Å². The molecule has 0 aliphatic rings. The number of thiophene rings is 1. The molecule has 5 nitrogen and oxygen atoms in total. The SMILES string of the molecule is OCC(Cc1cncs1)Nc1ncnc2ccsc12. The van der Waals surface area contributed by atoms with E-state index in [-0.39, 0.29) is 12.6 Å². The number of hydrogen-bond acceptors (Lipinski definition) is 7. The topological polar surface area (TPSA) is 70.9 Å². The van der Waals surface area contributed by atoms with E-state index in [0.717, 1.165) is 27.3 Å². The molecule has 3 aromatic heterocycles. The van der Waals surface area contributed by atoms with Crippen molar-refractivity contribution in [1.29, 1.82) is 0 Å². The first-order valence-electron chi connectivity index (χ1n) is 5.80. The third-order valence-electron chi connectivity index (χ3n) is 2.74. The van der Waals surface area contributed by atoms with Gasteiger partial charge in [0.1, 0.15) is 12.1 Å². The van der Waals surface area contributed by atoms with Gasteiger partial charge in [0.05, 0.1) is 28.4 Å². The predicted octanol–water partition coefficient (Wildman–Crippen LogP) is 2.16. The number of nitrogens with one attached hydrogen (secondary N) is 1. The van der Waals surface area contributed by atoms with Gasteiger partial charge in [-0.1, -0.05) is 0 Å². The van der Waals surface area contributed by atoms with Crippen LogP contribution in [0.5, 0.6) is 0 Å². The largest absolute Gasteiger partial charge is 0.394 e. The molecule has 1 unspecified atom stereocenters. The van der Waals surface area contributed by atoms with Gasteiger partial charge >= 0.3 is 0 Å². The second-order valence-electron chi connectivity index (χ2n) is 4.05. The van der Waals surface area contributed by atoms with E-state index in [1.807, 2.05) is 17.6 Å². The number of aromatic nitrogens is 3. The third kappa shape index (κ3) is 2.73. The standard InChI is InChI=1S/C12H12N4OS2/c17-5-8(3-9-4-13-7-19-9)16-12-11-10(1-2-18-11)14-6-15-12/h1-2,4,6-8,17H,3,5H2,(H,14,15,16). The highest BCUT2D eigenvalue weighted by Crippen LogP contribution is 2.25. The zero-order valence-corrected chi connectivity index (χ0v) is 11.6. The summed E-state index contributed by atoms with van der Waals surface area (Å²) in [4.78, 5) is 13.6. The average Bonchev–Trinajstić information content (AvgIpc) is 3.08. The van der Waals surface area contributed by atoms with Crippen LogP contribution >= 0.6 is 22.7 Å². The first kappa shape index (κ1) is 12.5. The number of fused-ring (bicyclic) bond motifs is 1. The lowest BCUT2D eigenvalue weighted by Gasteiger charge is -2.16. The highest BCUT2D eigenvalue weighted by molar-refractivity contribution is 7.17. The summed E-state index contributed by atoms with van der Waals surface area (Å²) in [6.45, 7) is 0.0504. The summed E-state index contributed by atoms with van der Waals surface area (Å²) in [6, 6.07) is 1.89. The maximum atomic E-state index is 9.49. The minimum atomic E-state index is -0.0688. The van der Waals surface area contributed by atoms with Crippen molar-refractivity contribution in [1.82, 2.24) is 15.0 Å². The molecule has 3 rings (SSSR count). The molecule has 19 heavy (non-hydrogen) atoms. The van der Waals surface area contributed by atoms with Gasteiger partial charge in [-0.15, -0.1) is 22.7 Å². The van der Waals surface area contributed by atoms with E-state index in [1.165, 1.54) is 0 Å². The van der Waals surface area contributed by atoms with Crippen LogP contribution in [0.25, 0.3) is 10.2 Å². The van der Waals surface area contributed by atoms with Crippen LogP contribution in [0.4, 0.5) is 5.82 Å². The second-order valence-corrected chi connectivity index (χ2v) is 5.94. The van der Waals surface area contributed by atoms with E-state index in [4.69, 9.17) is 0 Å². The van der Waals surface area contributed by atoms with Crippen LogP contribution < -0.4 is 5.32 Å². The monoisotopic (exact) mass is 292 g/mol. The molecule has 3 heterocycles. The summed E-state index contributed by atoms with van der Waals surface area (Å²) < 4.78 is 1.02. The Labute approximate surface area is 118 Å². The van der Waals surface area contributed by atoms with Crippen molar-refractivity contribution < 1.29 is 5.11 Å². The van der Waals surface area contributed by atoms with Crippen LogP contribution in [0, 0.1) is 0 Å².